The Morgan fingerprint density at radius 1 is 1.29 bits per heavy atom. The van der Waals surface area contributed by atoms with Crippen molar-refractivity contribution in [3.63, 3.8) is 0 Å². The van der Waals surface area contributed by atoms with Crippen LogP contribution >= 0.6 is 0 Å². The molecule has 1 fully saturated rings. The van der Waals surface area contributed by atoms with Gasteiger partial charge in [0.15, 0.2) is 0 Å². The van der Waals surface area contributed by atoms with E-state index in [1.54, 1.807) is 0 Å². The highest BCUT2D eigenvalue weighted by atomic mass is 16.3. The molecule has 0 spiro atoms. The number of aliphatic hydroxyl groups is 1. The Bertz CT molecular complexity index is 435. The Hall–Kier alpha value is -0.820. The molecule has 0 amide bonds. The third-order valence-electron chi connectivity index (χ3n) is 5.07. The second-order valence-corrected chi connectivity index (χ2v) is 6.43. The summed E-state index contributed by atoms with van der Waals surface area (Å²) in [6.45, 7) is 6.83. The molecule has 0 aromatic heterocycles. The first kappa shape index (κ1) is 11.3. The average molecular weight is 230 g/mol. The fourth-order valence-electron chi connectivity index (χ4n) is 4.22. The molecule has 1 N–H and O–H groups in total. The Labute approximate surface area is 104 Å². The van der Waals surface area contributed by atoms with E-state index < -0.39 is 0 Å². The summed E-state index contributed by atoms with van der Waals surface area (Å²) in [5, 5.41) is 10.3. The molecule has 1 saturated carbocycles. The van der Waals surface area contributed by atoms with E-state index in [0.29, 0.717) is 17.8 Å². The van der Waals surface area contributed by atoms with Gasteiger partial charge in [-0.1, -0.05) is 51.5 Å². The molecule has 0 radical (unpaired) electrons. The van der Waals surface area contributed by atoms with Crippen LogP contribution in [-0.2, 0) is 5.41 Å². The first-order valence-electron chi connectivity index (χ1n) is 6.83. The molecule has 1 aromatic carbocycles. The van der Waals surface area contributed by atoms with Gasteiger partial charge >= 0.3 is 0 Å². The van der Waals surface area contributed by atoms with Gasteiger partial charge in [0.05, 0.1) is 6.10 Å². The van der Waals surface area contributed by atoms with E-state index in [2.05, 4.69) is 45.0 Å². The summed E-state index contributed by atoms with van der Waals surface area (Å²) < 4.78 is 0. The van der Waals surface area contributed by atoms with Crippen molar-refractivity contribution in [2.45, 2.75) is 51.0 Å². The summed E-state index contributed by atoms with van der Waals surface area (Å²) in [6, 6.07) is 8.86. The zero-order chi connectivity index (χ0) is 12.2. The van der Waals surface area contributed by atoms with Crippen LogP contribution in [0.25, 0.3) is 0 Å². The summed E-state index contributed by atoms with van der Waals surface area (Å²) in [5.41, 5.74) is 3.23. The van der Waals surface area contributed by atoms with Crippen molar-refractivity contribution in [1.82, 2.24) is 0 Å². The van der Waals surface area contributed by atoms with Crippen LogP contribution < -0.4 is 0 Å². The predicted molar refractivity (Wildman–Crippen MR) is 70.1 cm³/mol. The highest BCUT2D eigenvalue weighted by molar-refractivity contribution is 5.42. The molecular formula is C16H22O. The maximum Gasteiger partial charge on any atom is 0.0608 e. The number of benzene rings is 1. The number of aliphatic hydroxyl groups excluding tert-OH is 1. The summed E-state index contributed by atoms with van der Waals surface area (Å²) in [5.74, 6) is 1.58. The van der Waals surface area contributed by atoms with Crippen LogP contribution in [0, 0.1) is 11.8 Å². The zero-order valence-corrected chi connectivity index (χ0v) is 11.0. The van der Waals surface area contributed by atoms with Crippen molar-refractivity contribution in [3.05, 3.63) is 35.4 Å². The number of rotatable bonds is 1. The lowest BCUT2D eigenvalue weighted by Gasteiger charge is -2.56. The van der Waals surface area contributed by atoms with Crippen LogP contribution in [0.2, 0.25) is 0 Å². The molecule has 0 bridgehead atoms. The number of fused-ring (bicyclic) bond motifs is 3. The lowest BCUT2D eigenvalue weighted by atomic mass is 9.50. The molecule has 92 valence electrons. The minimum absolute atomic E-state index is 0.0716. The van der Waals surface area contributed by atoms with Crippen LogP contribution in [0.15, 0.2) is 24.3 Å². The minimum atomic E-state index is -0.0716. The van der Waals surface area contributed by atoms with Gasteiger partial charge in [-0.15, -0.1) is 0 Å². The quantitative estimate of drug-likeness (QED) is 0.783. The van der Waals surface area contributed by atoms with E-state index in [-0.39, 0.29) is 11.5 Å². The zero-order valence-electron chi connectivity index (χ0n) is 11.0. The minimum Gasteiger partial charge on any atom is -0.393 e. The summed E-state index contributed by atoms with van der Waals surface area (Å²) in [7, 11) is 0. The second-order valence-electron chi connectivity index (χ2n) is 6.43. The molecule has 1 aromatic rings. The van der Waals surface area contributed by atoms with Crippen LogP contribution in [0.5, 0.6) is 0 Å². The maximum atomic E-state index is 10.3. The van der Waals surface area contributed by atoms with Crippen molar-refractivity contribution in [2.75, 3.05) is 0 Å². The molecule has 0 heterocycles. The predicted octanol–water partition coefficient (Wildman–Crippen LogP) is 3.47. The summed E-state index contributed by atoms with van der Waals surface area (Å²) >= 11 is 0. The molecule has 2 aliphatic rings. The van der Waals surface area contributed by atoms with Gasteiger partial charge in [0.2, 0.25) is 0 Å². The van der Waals surface area contributed by atoms with E-state index in [9.17, 15) is 5.11 Å². The highest BCUT2D eigenvalue weighted by Crippen LogP contribution is 2.58. The molecule has 1 heteroatoms. The molecular weight excluding hydrogens is 208 g/mol. The van der Waals surface area contributed by atoms with Crippen molar-refractivity contribution < 1.29 is 5.11 Å². The van der Waals surface area contributed by atoms with Gasteiger partial charge in [-0.25, -0.2) is 0 Å². The van der Waals surface area contributed by atoms with Crippen molar-refractivity contribution in [3.8, 4) is 0 Å². The van der Waals surface area contributed by atoms with E-state index >= 15 is 0 Å². The summed E-state index contributed by atoms with van der Waals surface area (Å²) in [6.07, 6.45) is 2.15. The van der Waals surface area contributed by atoms with Gasteiger partial charge < -0.3 is 5.11 Å². The Morgan fingerprint density at radius 2 is 2.00 bits per heavy atom. The monoisotopic (exact) mass is 230 g/mol. The highest BCUT2D eigenvalue weighted by Gasteiger charge is 2.54. The molecule has 0 aliphatic heterocycles. The molecule has 1 nitrogen and oxygen atoms in total. The number of hydrogen-bond acceptors (Lipinski definition) is 1. The maximum absolute atomic E-state index is 10.3. The molecule has 4 unspecified atom stereocenters. The van der Waals surface area contributed by atoms with Crippen LogP contribution in [0.3, 0.4) is 0 Å². The topological polar surface area (TPSA) is 20.2 Å². The normalized spacial score (nSPS) is 37.9. The lowest BCUT2D eigenvalue weighted by molar-refractivity contribution is -0.0850. The average Bonchev–Trinajstić information content (AvgIpc) is 2.32. The Balaban J connectivity index is 2.08. The molecule has 0 saturated heterocycles. The first-order chi connectivity index (χ1) is 8.06. The third-order valence-corrected chi connectivity index (χ3v) is 5.07. The van der Waals surface area contributed by atoms with Gasteiger partial charge in [-0.3, -0.25) is 0 Å². The number of hydrogen-bond donors (Lipinski definition) is 1. The fourth-order valence-corrected chi connectivity index (χ4v) is 4.22. The second kappa shape index (κ2) is 3.58. The van der Waals surface area contributed by atoms with E-state index in [0.717, 1.165) is 12.8 Å². The molecule has 2 aliphatic carbocycles. The van der Waals surface area contributed by atoms with Crippen LogP contribution in [0.1, 0.15) is 50.7 Å². The van der Waals surface area contributed by atoms with E-state index in [4.69, 9.17) is 0 Å². The third kappa shape index (κ3) is 1.41. The van der Waals surface area contributed by atoms with E-state index in [1.807, 2.05) is 0 Å². The molecule has 17 heavy (non-hydrogen) atoms. The van der Waals surface area contributed by atoms with Crippen molar-refractivity contribution in [1.29, 1.82) is 0 Å². The Morgan fingerprint density at radius 3 is 2.71 bits per heavy atom. The first-order valence-corrected chi connectivity index (χ1v) is 6.83. The van der Waals surface area contributed by atoms with Gasteiger partial charge in [0.1, 0.15) is 0 Å². The standard InChI is InChI=1S/C16H22O/c1-4-10-14-11-7-5-6-8-13(11)16(2,3)9-12(14)15(10)17/h5-8,10,12,14-15,17H,4,9H2,1-3H3. The molecule has 3 rings (SSSR count). The smallest absolute Gasteiger partial charge is 0.0608 e. The SMILES string of the molecule is CCC1C(O)C2CC(C)(C)c3ccccc3C12. The van der Waals surface area contributed by atoms with Crippen LogP contribution in [-0.4, -0.2) is 11.2 Å². The fraction of sp³-hybridized carbons (Fsp3) is 0.625. The van der Waals surface area contributed by atoms with Crippen LogP contribution in [0.4, 0.5) is 0 Å². The summed E-state index contributed by atoms with van der Waals surface area (Å²) in [4.78, 5) is 0. The van der Waals surface area contributed by atoms with Gasteiger partial charge in [-0.2, -0.15) is 0 Å². The Kier molecular flexibility index (Phi) is 2.38. The van der Waals surface area contributed by atoms with Gasteiger partial charge in [0.25, 0.3) is 0 Å². The van der Waals surface area contributed by atoms with Crippen molar-refractivity contribution in [2.24, 2.45) is 11.8 Å². The van der Waals surface area contributed by atoms with Gasteiger partial charge in [-0.05, 0) is 40.7 Å². The lowest BCUT2D eigenvalue weighted by Crippen LogP contribution is -2.54. The largest absolute Gasteiger partial charge is 0.393 e. The molecule has 4 atom stereocenters. The van der Waals surface area contributed by atoms with E-state index in [1.165, 1.54) is 11.1 Å². The van der Waals surface area contributed by atoms with Gasteiger partial charge in [0, 0.05) is 0 Å². The van der Waals surface area contributed by atoms with Crippen molar-refractivity contribution >= 4 is 0 Å².